The van der Waals surface area contributed by atoms with Gasteiger partial charge in [0.25, 0.3) is 0 Å². The fourth-order valence-corrected chi connectivity index (χ4v) is 4.90. The minimum Gasteiger partial charge on any atom is -0.478 e. The Balaban J connectivity index is 1.86. The number of aromatic nitrogens is 1. The van der Waals surface area contributed by atoms with E-state index < -0.39 is 24.2 Å². The van der Waals surface area contributed by atoms with Crippen LogP contribution in [0.15, 0.2) is 66.7 Å². The van der Waals surface area contributed by atoms with E-state index in [1.54, 1.807) is 62.4 Å². The number of hydrogen-bond donors (Lipinski definition) is 1. The van der Waals surface area contributed by atoms with Crippen molar-refractivity contribution in [1.82, 2.24) is 4.57 Å². The van der Waals surface area contributed by atoms with E-state index in [-0.39, 0.29) is 18.2 Å². The number of ketones is 1. The van der Waals surface area contributed by atoms with Gasteiger partial charge in [0.05, 0.1) is 11.1 Å². The third-order valence-electron chi connectivity index (χ3n) is 6.55. The summed E-state index contributed by atoms with van der Waals surface area (Å²) < 4.78 is 51.0. The molecular formula is C31H29ClF3NO5. The molecule has 1 aromatic heterocycles. The predicted octanol–water partition coefficient (Wildman–Crippen LogP) is 7.91. The van der Waals surface area contributed by atoms with Crippen LogP contribution in [0.2, 0.25) is 5.02 Å². The van der Waals surface area contributed by atoms with Gasteiger partial charge in [-0.3, -0.25) is 4.79 Å². The molecule has 0 bridgehead atoms. The summed E-state index contributed by atoms with van der Waals surface area (Å²) in [6.45, 7) is 5.62. The van der Waals surface area contributed by atoms with Crippen molar-refractivity contribution in [1.29, 1.82) is 0 Å². The smallest absolute Gasteiger partial charge is 0.478 e. The molecule has 3 aromatic carbocycles. The molecule has 0 saturated heterocycles. The quantitative estimate of drug-likeness (QED) is 0.180. The number of carbonyl (C=O) groups excluding carboxylic acids is 1. The first-order valence-corrected chi connectivity index (χ1v) is 13.4. The number of aliphatic carboxylic acids is 1. The van der Waals surface area contributed by atoms with Crippen molar-refractivity contribution in [2.45, 2.75) is 52.6 Å². The fourth-order valence-electron chi connectivity index (χ4n) is 4.77. The molecule has 0 radical (unpaired) electrons. The average Bonchev–Trinajstić information content (AvgIpc) is 3.18. The van der Waals surface area contributed by atoms with Crippen LogP contribution in [0.4, 0.5) is 13.2 Å². The van der Waals surface area contributed by atoms with Crippen molar-refractivity contribution in [3.63, 3.8) is 0 Å². The molecule has 0 aliphatic heterocycles. The number of ether oxygens (including phenoxy) is 2. The Labute approximate surface area is 240 Å². The molecule has 216 valence electrons. The first-order chi connectivity index (χ1) is 19.4. The Morgan fingerprint density at radius 2 is 1.71 bits per heavy atom. The van der Waals surface area contributed by atoms with Gasteiger partial charge in [0.1, 0.15) is 11.5 Å². The molecule has 0 amide bonds. The van der Waals surface area contributed by atoms with Gasteiger partial charge in [0.15, 0.2) is 11.9 Å². The molecule has 1 unspecified atom stereocenters. The van der Waals surface area contributed by atoms with Crippen molar-refractivity contribution in [3.8, 4) is 11.5 Å². The molecule has 1 heterocycles. The monoisotopic (exact) mass is 587 g/mol. The lowest BCUT2D eigenvalue weighted by atomic mass is 9.98. The van der Waals surface area contributed by atoms with Gasteiger partial charge in [0, 0.05) is 40.2 Å². The number of benzene rings is 3. The van der Waals surface area contributed by atoms with Gasteiger partial charge in [-0.1, -0.05) is 50.9 Å². The number of alkyl halides is 3. The Bertz CT molecular complexity index is 1560. The number of halogens is 4. The van der Waals surface area contributed by atoms with Crippen LogP contribution in [0.5, 0.6) is 11.5 Å². The van der Waals surface area contributed by atoms with Crippen LogP contribution < -0.4 is 9.47 Å². The van der Waals surface area contributed by atoms with Crippen LogP contribution in [0.3, 0.4) is 0 Å². The molecule has 0 fully saturated rings. The number of fused-ring (bicyclic) bond motifs is 1. The number of hydrogen-bond acceptors (Lipinski definition) is 4. The maximum Gasteiger partial charge on any atom is 0.573 e. The molecule has 41 heavy (non-hydrogen) atoms. The summed E-state index contributed by atoms with van der Waals surface area (Å²) in [7, 11) is 0. The second-order valence-electron chi connectivity index (χ2n) is 9.99. The van der Waals surface area contributed by atoms with Crippen molar-refractivity contribution in [2.75, 3.05) is 0 Å². The molecule has 4 rings (SSSR count). The van der Waals surface area contributed by atoms with E-state index in [2.05, 4.69) is 4.74 Å². The molecule has 0 saturated carbocycles. The standard InChI is InChI=1S/C31H29ClF3NO5/c1-4-6-25-27(28(37)20-9-11-21(32)12-10-20)24-14-13-23(41-31(33,34)35)16-26(24)36(25)17-19-7-5-8-22(15-19)40-29(18(2)3)30(38)39/h5,7-16,18,29H,4,6,17H2,1-3H3,(H,38,39). The molecule has 1 N–H and O–H groups in total. The second-order valence-corrected chi connectivity index (χ2v) is 10.4. The molecule has 10 heteroatoms. The third-order valence-corrected chi connectivity index (χ3v) is 6.80. The van der Waals surface area contributed by atoms with E-state index in [1.165, 1.54) is 18.2 Å². The van der Waals surface area contributed by atoms with Gasteiger partial charge < -0.3 is 19.1 Å². The third kappa shape index (κ3) is 7.03. The minimum atomic E-state index is -4.89. The lowest BCUT2D eigenvalue weighted by molar-refractivity contribution is -0.274. The summed E-state index contributed by atoms with van der Waals surface area (Å²) in [4.78, 5) is 25.5. The topological polar surface area (TPSA) is 77.8 Å². The van der Waals surface area contributed by atoms with Crippen LogP contribution >= 0.6 is 11.6 Å². The van der Waals surface area contributed by atoms with E-state index in [9.17, 15) is 27.9 Å². The Hall–Kier alpha value is -3.98. The number of carboxylic acid groups (broad SMARTS) is 1. The van der Waals surface area contributed by atoms with Gasteiger partial charge >= 0.3 is 12.3 Å². The number of carboxylic acids is 1. The van der Waals surface area contributed by atoms with E-state index >= 15 is 0 Å². The summed E-state index contributed by atoms with van der Waals surface area (Å²) in [5.74, 6) is -1.72. The van der Waals surface area contributed by atoms with Crippen molar-refractivity contribution in [3.05, 3.63) is 94.1 Å². The highest BCUT2D eigenvalue weighted by molar-refractivity contribution is 6.30. The molecule has 0 aliphatic carbocycles. The van der Waals surface area contributed by atoms with Gasteiger partial charge in [-0.15, -0.1) is 13.2 Å². The Morgan fingerprint density at radius 3 is 2.32 bits per heavy atom. The zero-order valence-corrected chi connectivity index (χ0v) is 23.4. The Morgan fingerprint density at radius 1 is 1.00 bits per heavy atom. The lowest BCUT2D eigenvalue weighted by Gasteiger charge is -2.19. The first-order valence-electron chi connectivity index (χ1n) is 13.1. The van der Waals surface area contributed by atoms with Gasteiger partial charge in [0.2, 0.25) is 0 Å². The second kappa shape index (κ2) is 12.3. The molecule has 1 atom stereocenters. The summed E-state index contributed by atoms with van der Waals surface area (Å²) >= 11 is 6.02. The van der Waals surface area contributed by atoms with E-state index in [1.807, 2.05) is 11.5 Å². The van der Waals surface area contributed by atoms with Gasteiger partial charge in [-0.25, -0.2) is 4.79 Å². The zero-order chi connectivity index (χ0) is 29.9. The molecule has 4 aromatic rings. The van der Waals surface area contributed by atoms with E-state index in [0.717, 1.165) is 0 Å². The number of carbonyl (C=O) groups is 2. The minimum absolute atomic E-state index is 0.186. The SMILES string of the molecule is CCCc1c(C(=O)c2ccc(Cl)cc2)c2ccc(OC(F)(F)F)cc2n1Cc1cccc(OC(C(=O)O)C(C)C)c1. The average molecular weight is 588 g/mol. The molecular weight excluding hydrogens is 559 g/mol. The first kappa shape index (κ1) is 30.0. The van der Waals surface area contributed by atoms with Crippen molar-refractivity contribution in [2.24, 2.45) is 5.92 Å². The zero-order valence-electron chi connectivity index (χ0n) is 22.7. The van der Waals surface area contributed by atoms with Crippen LogP contribution in [-0.4, -0.2) is 33.9 Å². The number of nitrogens with zero attached hydrogens (tertiary/aromatic N) is 1. The summed E-state index contributed by atoms with van der Waals surface area (Å²) in [6.07, 6.45) is -4.80. The fraction of sp³-hybridized carbons (Fsp3) is 0.290. The maximum atomic E-state index is 13.8. The summed E-state index contributed by atoms with van der Waals surface area (Å²) in [5.41, 5.74) is 2.54. The van der Waals surface area contributed by atoms with Crippen LogP contribution in [0, 0.1) is 5.92 Å². The van der Waals surface area contributed by atoms with Crippen molar-refractivity contribution >= 4 is 34.3 Å². The van der Waals surface area contributed by atoms with Crippen molar-refractivity contribution < 1.29 is 37.3 Å². The summed E-state index contributed by atoms with van der Waals surface area (Å²) in [6, 6.07) is 17.2. The van der Waals surface area contributed by atoms with Gasteiger partial charge in [-0.05, 0) is 60.5 Å². The van der Waals surface area contributed by atoms with E-state index in [0.29, 0.717) is 56.9 Å². The maximum absolute atomic E-state index is 13.8. The van der Waals surface area contributed by atoms with Crippen LogP contribution in [0.25, 0.3) is 10.9 Å². The molecule has 0 aliphatic rings. The van der Waals surface area contributed by atoms with Gasteiger partial charge in [-0.2, -0.15) is 0 Å². The lowest BCUT2D eigenvalue weighted by Crippen LogP contribution is -2.32. The normalized spacial score (nSPS) is 12.5. The predicted molar refractivity (Wildman–Crippen MR) is 150 cm³/mol. The highest BCUT2D eigenvalue weighted by atomic mass is 35.5. The van der Waals surface area contributed by atoms with Crippen LogP contribution in [-0.2, 0) is 17.8 Å². The molecule has 6 nitrogen and oxygen atoms in total. The Kier molecular flexibility index (Phi) is 8.97. The largest absolute Gasteiger partial charge is 0.573 e. The molecule has 0 spiro atoms. The highest BCUT2D eigenvalue weighted by Crippen LogP contribution is 2.35. The summed E-state index contributed by atoms with van der Waals surface area (Å²) in [5, 5.41) is 10.5. The number of rotatable bonds is 11. The highest BCUT2D eigenvalue weighted by Gasteiger charge is 2.32. The van der Waals surface area contributed by atoms with Crippen LogP contribution in [0.1, 0.15) is 54.4 Å². The van der Waals surface area contributed by atoms with E-state index in [4.69, 9.17) is 16.3 Å².